The molecule has 0 radical (unpaired) electrons. The molecule has 2 nitrogen and oxygen atoms in total. The van der Waals surface area contributed by atoms with Gasteiger partial charge in [-0.05, 0) is 37.1 Å². The first-order chi connectivity index (χ1) is 8.10. The molecule has 0 fully saturated rings. The van der Waals surface area contributed by atoms with E-state index in [4.69, 9.17) is 10.5 Å². The predicted molar refractivity (Wildman–Crippen MR) is 68.8 cm³/mol. The highest BCUT2D eigenvalue weighted by Crippen LogP contribution is 2.32. The largest absolute Gasteiger partial charge is 0.494 e. The molecule has 2 N–H and O–H groups in total. The Balaban J connectivity index is 2.86. The van der Waals surface area contributed by atoms with Crippen molar-refractivity contribution >= 4 is 0 Å². The molecule has 1 aromatic carbocycles. The van der Waals surface area contributed by atoms with Crippen molar-refractivity contribution in [2.45, 2.75) is 26.9 Å². The Kier molecular flexibility index (Phi) is 5.42. The van der Waals surface area contributed by atoms with E-state index < -0.39 is 6.17 Å². The number of hydrogen-bond acceptors (Lipinski definition) is 2. The first-order valence-electron chi connectivity index (χ1n) is 6.17. The Bertz CT molecular complexity index is 341. The third-order valence-corrected chi connectivity index (χ3v) is 2.99. The second kappa shape index (κ2) is 6.60. The molecular weight excluding hydrogens is 217 g/mol. The summed E-state index contributed by atoms with van der Waals surface area (Å²) in [6.07, 6.45) is -1.03. The van der Waals surface area contributed by atoms with Crippen LogP contribution < -0.4 is 10.5 Å². The van der Waals surface area contributed by atoms with Gasteiger partial charge < -0.3 is 10.5 Å². The molecule has 0 aliphatic carbocycles. The Morgan fingerprint density at radius 2 is 2.06 bits per heavy atom. The van der Waals surface area contributed by atoms with E-state index in [1.807, 2.05) is 32.9 Å². The second-order valence-corrected chi connectivity index (χ2v) is 4.55. The van der Waals surface area contributed by atoms with Crippen molar-refractivity contribution in [2.75, 3.05) is 13.2 Å². The Morgan fingerprint density at radius 3 is 2.59 bits per heavy atom. The SMILES string of the molecule is CCOc1cccc(C(F)C(CN)C(C)C)c1. The summed E-state index contributed by atoms with van der Waals surface area (Å²) in [6, 6.07) is 7.21. The Labute approximate surface area is 103 Å². The van der Waals surface area contributed by atoms with Crippen LogP contribution in [0.15, 0.2) is 24.3 Å². The Hall–Kier alpha value is -1.09. The average molecular weight is 239 g/mol. The molecular formula is C14H22FNO. The number of halogens is 1. The van der Waals surface area contributed by atoms with Crippen LogP contribution in [-0.2, 0) is 0 Å². The lowest BCUT2D eigenvalue weighted by Crippen LogP contribution is -2.24. The maximum Gasteiger partial charge on any atom is 0.129 e. The summed E-state index contributed by atoms with van der Waals surface area (Å²) in [6.45, 7) is 6.85. The number of alkyl halides is 1. The average Bonchev–Trinajstić information content (AvgIpc) is 2.30. The minimum Gasteiger partial charge on any atom is -0.494 e. The highest BCUT2D eigenvalue weighted by atomic mass is 19.1. The first kappa shape index (κ1) is 14.0. The fourth-order valence-corrected chi connectivity index (χ4v) is 1.92. The van der Waals surface area contributed by atoms with Crippen LogP contribution in [0.3, 0.4) is 0 Å². The molecule has 1 aromatic rings. The minimum atomic E-state index is -1.03. The van der Waals surface area contributed by atoms with Crippen molar-refractivity contribution in [2.24, 2.45) is 17.6 Å². The standard InChI is InChI=1S/C14H22FNO/c1-4-17-12-7-5-6-11(8-12)14(15)13(9-16)10(2)3/h5-8,10,13-14H,4,9,16H2,1-3H3. The maximum atomic E-state index is 14.3. The molecule has 0 amide bonds. The van der Waals surface area contributed by atoms with Crippen LogP contribution in [0, 0.1) is 11.8 Å². The number of nitrogens with two attached hydrogens (primary N) is 1. The third kappa shape index (κ3) is 3.70. The zero-order valence-corrected chi connectivity index (χ0v) is 10.8. The Morgan fingerprint density at radius 1 is 1.35 bits per heavy atom. The van der Waals surface area contributed by atoms with Gasteiger partial charge in [0.15, 0.2) is 0 Å². The molecule has 0 saturated carbocycles. The van der Waals surface area contributed by atoms with E-state index in [-0.39, 0.29) is 11.8 Å². The fraction of sp³-hybridized carbons (Fsp3) is 0.571. The molecule has 1 rings (SSSR count). The van der Waals surface area contributed by atoms with E-state index in [0.717, 1.165) is 0 Å². The molecule has 0 spiro atoms. The van der Waals surface area contributed by atoms with E-state index in [1.165, 1.54) is 0 Å². The summed E-state index contributed by atoms with van der Waals surface area (Å²) >= 11 is 0. The molecule has 0 heterocycles. The molecule has 2 atom stereocenters. The molecule has 2 unspecified atom stereocenters. The van der Waals surface area contributed by atoms with Crippen molar-refractivity contribution in [3.8, 4) is 5.75 Å². The minimum absolute atomic E-state index is 0.146. The molecule has 0 aliphatic rings. The van der Waals surface area contributed by atoms with Gasteiger partial charge in [-0.1, -0.05) is 26.0 Å². The number of ether oxygens (including phenoxy) is 1. The molecule has 96 valence electrons. The monoisotopic (exact) mass is 239 g/mol. The number of rotatable bonds is 6. The van der Waals surface area contributed by atoms with Gasteiger partial charge >= 0.3 is 0 Å². The van der Waals surface area contributed by atoms with Crippen LogP contribution in [-0.4, -0.2) is 13.2 Å². The summed E-state index contributed by atoms with van der Waals surface area (Å²) in [7, 11) is 0. The predicted octanol–water partition coefficient (Wildman–Crippen LogP) is 3.33. The van der Waals surface area contributed by atoms with E-state index >= 15 is 0 Å². The van der Waals surface area contributed by atoms with Crippen LogP contribution in [0.1, 0.15) is 32.5 Å². The number of hydrogen-bond donors (Lipinski definition) is 1. The van der Waals surface area contributed by atoms with Crippen molar-refractivity contribution in [3.05, 3.63) is 29.8 Å². The lowest BCUT2D eigenvalue weighted by Gasteiger charge is -2.23. The summed E-state index contributed by atoms with van der Waals surface area (Å²) < 4.78 is 19.7. The zero-order chi connectivity index (χ0) is 12.8. The van der Waals surface area contributed by atoms with Crippen molar-refractivity contribution in [1.29, 1.82) is 0 Å². The van der Waals surface area contributed by atoms with Crippen LogP contribution in [0.5, 0.6) is 5.75 Å². The lowest BCUT2D eigenvalue weighted by atomic mass is 9.87. The third-order valence-electron chi connectivity index (χ3n) is 2.99. The van der Waals surface area contributed by atoms with Crippen molar-refractivity contribution in [1.82, 2.24) is 0 Å². The summed E-state index contributed by atoms with van der Waals surface area (Å²) in [5, 5.41) is 0. The zero-order valence-electron chi connectivity index (χ0n) is 10.8. The molecule has 17 heavy (non-hydrogen) atoms. The maximum absolute atomic E-state index is 14.3. The van der Waals surface area contributed by atoms with Crippen LogP contribution >= 0.6 is 0 Å². The number of benzene rings is 1. The highest BCUT2D eigenvalue weighted by molar-refractivity contribution is 5.30. The summed E-state index contributed by atoms with van der Waals surface area (Å²) in [5.74, 6) is 0.796. The van der Waals surface area contributed by atoms with Gasteiger partial charge in [-0.15, -0.1) is 0 Å². The smallest absolute Gasteiger partial charge is 0.129 e. The molecule has 0 bridgehead atoms. The summed E-state index contributed by atoms with van der Waals surface area (Å²) in [4.78, 5) is 0. The molecule has 0 aromatic heterocycles. The van der Waals surface area contributed by atoms with Gasteiger partial charge in [-0.2, -0.15) is 0 Å². The summed E-state index contributed by atoms with van der Waals surface area (Å²) in [5.41, 5.74) is 6.29. The molecule has 0 aliphatic heterocycles. The van der Waals surface area contributed by atoms with Crippen LogP contribution in [0.4, 0.5) is 4.39 Å². The van der Waals surface area contributed by atoms with Gasteiger partial charge in [0.25, 0.3) is 0 Å². The van der Waals surface area contributed by atoms with E-state index in [1.54, 1.807) is 12.1 Å². The molecule has 0 saturated heterocycles. The van der Waals surface area contributed by atoms with Crippen molar-refractivity contribution < 1.29 is 9.13 Å². The second-order valence-electron chi connectivity index (χ2n) is 4.55. The first-order valence-corrected chi connectivity index (χ1v) is 6.17. The van der Waals surface area contributed by atoms with Crippen molar-refractivity contribution in [3.63, 3.8) is 0 Å². The van der Waals surface area contributed by atoms with E-state index in [0.29, 0.717) is 24.5 Å². The van der Waals surface area contributed by atoms with Gasteiger partial charge in [-0.3, -0.25) is 0 Å². The highest BCUT2D eigenvalue weighted by Gasteiger charge is 2.24. The van der Waals surface area contributed by atoms with Crippen LogP contribution in [0.2, 0.25) is 0 Å². The van der Waals surface area contributed by atoms with Gasteiger partial charge in [-0.25, -0.2) is 4.39 Å². The van der Waals surface area contributed by atoms with E-state index in [2.05, 4.69) is 0 Å². The topological polar surface area (TPSA) is 35.2 Å². The van der Waals surface area contributed by atoms with Gasteiger partial charge in [0.2, 0.25) is 0 Å². The lowest BCUT2D eigenvalue weighted by molar-refractivity contribution is 0.188. The quantitative estimate of drug-likeness (QED) is 0.826. The normalized spacial score (nSPS) is 14.7. The molecule has 3 heteroatoms. The van der Waals surface area contributed by atoms with Gasteiger partial charge in [0.1, 0.15) is 11.9 Å². The van der Waals surface area contributed by atoms with Crippen LogP contribution in [0.25, 0.3) is 0 Å². The fourth-order valence-electron chi connectivity index (χ4n) is 1.92. The van der Waals surface area contributed by atoms with Gasteiger partial charge in [0, 0.05) is 5.92 Å². The van der Waals surface area contributed by atoms with E-state index in [9.17, 15) is 4.39 Å². The van der Waals surface area contributed by atoms with Gasteiger partial charge in [0.05, 0.1) is 6.61 Å².